The number of aromatic amines is 1. The second-order valence-corrected chi connectivity index (χ2v) is 4.99. The van der Waals surface area contributed by atoms with E-state index in [0.717, 1.165) is 15.0 Å². The zero-order valence-electron chi connectivity index (χ0n) is 9.54. The molecule has 0 bridgehead atoms. The molecule has 5 heteroatoms. The fourth-order valence-corrected chi connectivity index (χ4v) is 1.96. The Morgan fingerprint density at radius 2 is 2.18 bits per heavy atom. The second kappa shape index (κ2) is 4.87. The van der Waals surface area contributed by atoms with Crippen LogP contribution in [0.4, 0.5) is 5.69 Å². The van der Waals surface area contributed by atoms with Crippen molar-refractivity contribution in [3.05, 3.63) is 44.8 Å². The van der Waals surface area contributed by atoms with E-state index in [9.17, 15) is 4.79 Å². The standard InChI is InChI=1S/C12H12IN3O/c1-7-3-4-9(5-11(7)13)15-12(17)10-6-14-16-8(10)2/h3-6H,1-2H3,(H,14,16)(H,15,17). The van der Waals surface area contributed by atoms with E-state index < -0.39 is 0 Å². The van der Waals surface area contributed by atoms with Gasteiger partial charge >= 0.3 is 0 Å². The van der Waals surface area contributed by atoms with Crippen LogP contribution in [0.2, 0.25) is 0 Å². The summed E-state index contributed by atoms with van der Waals surface area (Å²) in [4.78, 5) is 11.9. The van der Waals surface area contributed by atoms with Crippen molar-refractivity contribution in [3.8, 4) is 0 Å². The smallest absolute Gasteiger partial charge is 0.259 e. The third-order valence-electron chi connectivity index (χ3n) is 2.50. The fourth-order valence-electron chi connectivity index (χ4n) is 1.45. The molecule has 1 heterocycles. The SMILES string of the molecule is Cc1ccc(NC(=O)c2cn[nH]c2C)cc1I. The van der Waals surface area contributed by atoms with Gasteiger partial charge in [-0.25, -0.2) is 0 Å². The summed E-state index contributed by atoms with van der Waals surface area (Å²) < 4.78 is 1.13. The maximum Gasteiger partial charge on any atom is 0.259 e. The van der Waals surface area contributed by atoms with Crippen LogP contribution in [-0.2, 0) is 0 Å². The third-order valence-corrected chi connectivity index (χ3v) is 3.67. The molecule has 4 nitrogen and oxygen atoms in total. The van der Waals surface area contributed by atoms with Gasteiger partial charge in [0.1, 0.15) is 0 Å². The maximum absolute atomic E-state index is 11.9. The number of nitrogens with zero attached hydrogens (tertiary/aromatic N) is 1. The number of halogens is 1. The van der Waals surface area contributed by atoms with Crippen molar-refractivity contribution in [3.63, 3.8) is 0 Å². The first kappa shape index (κ1) is 12.1. The Morgan fingerprint density at radius 3 is 2.76 bits per heavy atom. The van der Waals surface area contributed by atoms with Gasteiger partial charge in [0.05, 0.1) is 11.8 Å². The van der Waals surface area contributed by atoms with Gasteiger partial charge in [0.15, 0.2) is 0 Å². The normalized spacial score (nSPS) is 10.3. The number of carbonyl (C=O) groups is 1. The molecule has 0 fully saturated rings. The quantitative estimate of drug-likeness (QED) is 0.826. The van der Waals surface area contributed by atoms with E-state index in [1.807, 2.05) is 32.0 Å². The van der Waals surface area contributed by atoms with Crippen LogP contribution < -0.4 is 5.32 Å². The molecule has 2 rings (SSSR count). The van der Waals surface area contributed by atoms with Gasteiger partial charge in [0, 0.05) is 15.0 Å². The van der Waals surface area contributed by atoms with Gasteiger partial charge in [0.2, 0.25) is 0 Å². The van der Waals surface area contributed by atoms with Crippen molar-refractivity contribution < 1.29 is 4.79 Å². The molecule has 1 amide bonds. The number of hydrogen-bond acceptors (Lipinski definition) is 2. The maximum atomic E-state index is 11.9. The van der Waals surface area contributed by atoms with Crippen LogP contribution in [-0.4, -0.2) is 16.1 Å². The van der Waals surface area contributed by atoms with Gasteiger partial charge in [0.25, 0.3) is 5.91 Å². The Morgan fingerprint density at radius 1 is 1.41 bits per heavy atom. The number of aromatic nitrogens is 2. The lowest BCUT2D eigenvalue weighted by molar-refractivity contribution is 0.102. The summed E-state index contributed by atoms with van der Waals surface area (Å²) >= 11 is 2.25. The molecule has 0 spiro atoms. The minimum atomic E-state index is -0.143. The number of amides is 1. The molecule has 2 aromatic rings. The molecule has 0 saturated heterocycles. The fraction of sp³-hybridized carbons (Fsp3) is 0.167. The first-order valence-corrected chi connectivity index (χ1v) is 6.23. The van der Waals surface area contributed by atoms with Crippen molar-refractivity contribution in [2.75, 3.05) is 5.32 Å². The summed E-state index contributed by atoms with van der Waals surface area (Å²) in [6, 6.07) is 5.83. The van der Waals surface area contributed by atoms with E-state index in [4.69, 9.17) is 0 Å². The van der Waals surface area contributed by atoms with Gasteiger partial charge in [-0.3, -0.25) is 9.89 Å². The first-order chi connectivity index (χ1) is 8.08. The van der Waals surface area contributed by atoms with E-state index in [1.165, 1.54) is 11.8 Å². The molecule has 0 aliphatic carbocycles. The van der Waals surface area contributed by atoms with Gasteiger partial charge in [-0.05, 0) is 54.1 Å². The van der Waals surface area contributed by atoms with Crippen LogP contribution in [0, 0.1) is 17.4 Å². The van der Waals surface area contributed by atoms with Gasteiger partial charge in [-0.2, -0.15) is 5.10 Å². The van der Waals surface area contributed by atoms with E-state index >= 15 is 0 Å². The average Bonchev–Trinajstić information content (AvgIpc) is 2.70. The summed E-state index contributed by atoms with van der Waals surface area (Å²) in [5, 5.41) is 9.42. The number of aryl methyl sites for hydroxylation is 2. The molecule has 0 aliphatic heterocycles. The topological polar surface area (TPSA) is 57.8 Å². The highest BCUT2D eigenvalue weighted by atomic mass is 127. The predicted octanol–water partition coefficient (Wildman–Crippen LogP) is 2.88. The van der Waals surface area contributed by atoms with Crippen LogP contribution in [0.5, 0.6) is 0 Å². The van der Waals surface area contributed by atoms with Crippen LogP contribution in [0.25, 0.3) is 0 Å². The molecule has 0 unspecified atom stereocenters. The number of H-pyrrole nitrogens is 1. The van der Waals surface area contributed by atoms with E-state index in [0.29, 0.717) is 5.56 Å². The number of benzene rings is 1. The van der Waals surface area contributed by atoms with Crippen LogP contribution in [0.3, 0.4) is 0 Å². The Kier molecular flexibility index (Phi) is 3.46. The lowest BCUT2D eigenvalue weighted by Gasteiger charge is -2.06. The number of nitrogens with one attached hydrogen (secondary N) is 2. The molecule has 0 saturated carbocycles. The van der Waals surface area contributed by atoms with Crippen LogP contribution in [0.15, 0.2) is 24.4 Å². The lowest BCUT2D eigenvalue weighted by atomic mass is 10.2. The Bertz CT molecular complexity index is 563. The van der Waals surface area contributed by atoms with Crippen molar-refractivity contribution in [1.29, 1.82) is 0 Å². The summed E-state index contributed by atoms with van der Waals surface area (Å²) in [7, 11) is 0. The molecule has 17 heavy (non-hydrogen) atoms. The first-order valence-electron chi connectivity index (χ1n) is 5.15. The highest BCUT2D eigenvalue weighted by Gasteiger charge is 2.11. The van der Waals surface area contributed by atoms with Crippen molar-refractivity contribution in [1.82, 2.24) is 10.2 Å². The third kappa shape index (κ3) is 2.66. The van der Waals surface area contributed by atoms with E-state index in [-0.39, 0.29) is 5.91 Å². The second-order valence-electron chi connectivity index (χ2n) is 3.83. The molecule has 2 N–H and O–H groups in total. The molecule has 0 radical (unpaired) electrons. The molecule has 88 valence electrons. The summed E-state index contributed by atoms with van der Waals surface area (Å²) in [5.74, 6) is -0.143. The highest BCUT2D eigenvalue weighted by molar-refractivity contribution is 14.1. The average molecular weight is 341 g/mol. The Labute approximate surface area is 113 Å². The minimum Gasteiger partial charge on any atom is -0.322 e. The minimum absolute atomic E-state index is 0.143. The van der Waals surface area contributed by atoms with E-state index in [1.54, 1.807) is 0 Å². The monoisotopic (exact) mass is 341 g/mol. The molecule has 1 aromatic carbocycles. The molecule has 0 aliphatic rings. The number of hydrogen-bond donors (Lipinski definition) is 2. The van der Waals surface area contributed by atoms with Gasteiger partial charge in [-0.1, -0.05) is 6.07 Å². The molecular formula is C12H12IN3O. The van der Waals surface area contributed by atoms with Crippen molar-refractivity contribution >= 4 is 34.2 Å². The largest absolute Gasteiger partial charge is 0.322 e. The number of anilines is 1. The molecule has 0 atom stereocenters. The van der Waals surface area contributed by atoms with Gasteiger partial charge < -0.3 is 5.32 Å². The molecule has 1 aromatic heterocycles. The van der Waals surface area contributed by atoms with Crippen molar-refractivity contribution in [2.45, 2.75) is 13.8 Å². The van der Waals surface area contributed by atoms with Crippen LogP contribution >= 0.6 is 22.6 Å². The van der Waals surface area contributed by atoms with Crippen LogP contribution in [0.1, 0.15) is 21.6 Å². The number of carbonyl (C=O) groups excluding carboxylic acids is 1. The summed E-state index contributed by atoms with van der Waals surface area (Å²) in [6.07, 6.45) is 1.53. The summed E-state index contributed by atoms with van der Waals surface area (Å²) in [6.45, 7) is 3.86. The summed E-state index contributed by atoms with van der Waals surface area (Å²) in [5.41, 5.74) is 3.33. The highest BCUT2D eigenvalue weighted by Crippen LogP contribution is 2.18. The Balaban J connectivity index is 2.19. The lowest BCUT2D eigenvalue weighted by Crippen LogP contribution is -2.12. The van der Waals surface area contributed by atoms with Gasteiger partial charge in [-0.15, -0.1) is 0 Å². The zero-order valence-corrected chi connectivity index (χ0v) is 11.7. The van der Waals surface area contributed by atoms with E-state index in [2.05, 4.69) is 38.1 Å². The zero-order chi connectivity index (χ0) is 12.4. The molecular weight excluding hydrogens is 329 g/mol. The van der Waals surface area contributed by atoms with Crippen molar-refractivity contribution in [2.24, 2.45) is 0 Å². The Hall–Kier alpha value is -1.37. The predicted molar refractivity (Wildman–Crippen MR) is 75.2 cm³/mol. The number of rotatable bonds is 2.